The lowest BCUT2D eigenvalue weighted by molar-refractivity contribution is -0.209. The van der Waals surface area contributed by atoms with Crippen LogP contribution in [0.15, 0.2) is 36.5 Å². The molecule has 0 aliphatic rings. The first kappa shape index (κ1) is 15.0. The summed E-state index contributed by atoms with van der Waals surface area (Å²) >= 11 is 0. The number of carbonyl (C=O) groups is 1. The smallest absolute Gasteiger partial charge is 0.364 e. The Balaban J connectivity index is 2.22. The topological polar surface area (TPSA) is 73.8 Å². The maximum absolute atomic E-state index is 12.9. The van der Waals surface area contributed by atoms with Gasteiger partial charge in [0, 0.05) is 16.6 Å². The number of fused-ring (bicyclic) bond motifs is 1. The highest BCUT2D eigenvalue weighted by molar-refractivity contribution is 5.96. The lowest BCUT2D eigenvalue weighted by atomic mass is 10.0. The van der Waals surface area contributed by atoms with Gasteiger partial charge in [-0.2, -0.15) is 9.78 Å². The number of alkyl halides is 3. The van der Waals surface area contributed by atoms with Crippen LogP contribution in [0, 0.1) is 6.92 Å². The fraction of sp³-hybridized carbons (Fsp3) is 0.133. The summed E-state index contributed by atoms with van der Waals surface area (Å²) in [7, 11) is 0. The first-order valence-corrected chi connectivity index (χ1v) is 6.61. The molecule has 0 aliphatic heterocycles. The molecule has 23 heavy (non-hydrogen) atoms. The minimum atomic E-state index is -4.59. The Labute approximate surface area is 128 Å². The van der Waals surface area contributed by atoms with Gasteiger partial charge in [-0.3, -0.25) is 4.79 Å². The Morgan fingerprint density at radius 3 is 2.52 bits per heavy atom. The second-order valence-corrected chi connectivity index (χ2v) is 4.96. The molecule has 0 fully saturated rings. The third-order valence-corrected chi connectivity index (χ3v) is 3.48. The summed E-state index contributed by atoms with van der Waals surface area (Å²) in [4.78, 5) is 15.2. The van der Waals surface area contributed by atoms with E-state index in [1.165, 1.54) is 24.4 Å². The molecule has 0 bridgehead atoms. The quantitative estimate of drug-likeness (QED) is 0.789. The summed E-state index contributed by atoms with van der Waals surface area (Å²) < 4.78 is 38.8. The van der Waals surface area contributed by atoms with E-state index in [0.29, 0.717) is 22.2 Å². The number of nitrogens with zero attached hydrogens (tertiary/aromatic N) is 3. The van der Waals surface area contributed by atoms with Crippen LogP contribution in [0.4, 0.5) is 13.2 Å². The lowest BCUT2D eigenvalue weighted by Gasteiger charge is -2.10. The van der Waals surface area contributed by atoms with Crippen LogP contribution in [0.3, 0.4) is 0 Å². The molecule has 3 aromatic rings. The summed E-state index contributed by atoms with van der Waals surface area (Å²) in [6, 6.07) is 7.60. The summed E-state index contributed by atoms with van der Waals surface area (Å²) in [6.07, 6.45) is -3.43. The standard InChI is InChI=1S/C15H11F3N4O/c1-8-9(5-6-12(21-8)14(19)23)10-3-2-4-13-11(10)7-20-22(13)15(16,17)18/h2-7H,1H3,(H2,19,23). The molecule has 2 heterocycles. The number of primary amides is 1. The first-order chi connectivity index (χ1) is 10.8. The average molecular weight is 320 g/mol. The number of rotatable bonds is 2. The molecule has 0 atom stereocenters. The predicted octanol–water partition coefficient (Wildman–Crippen LogP) is 2.98. The van der Waals surface area contributed by atoms with Gasteiger partial charge in [0.05, 0.1) is 11.7 Å². The van der Waals surface area contributed by atoms with Crippen LogP contribution < -0.4 is 5.73 Å². The number of aromatic nitrogens is 3. The van der Waals surface area contributed by atoms with Gasteiger partial charge >= 0.3 is 6.30 Å². The maximum atomic E-state index is 12.9. The van der Waals surface area contributed by atoms with Gasteiger partial charge in [-0.1, -0.05) is 18.2 Å². The second kappa shape index (κ2) is 5.08. The van der Waals surface area contributed by atoms with Gasteiger partial charge in [0.15, 0.2) is 0 Å². The summed E-state index contributed by atoms with van der Waals surface area (Å²) in [6.45, 7) is 1.66. The summed E-state index contributed by atoms with van der Waals surface area (Å²) in [5.41, 5.74) is 6.89. The zero-order valence-corrected chi connectivity index (χ0v) is 11.9. The van der Waals surface area contributed by atoms with E-state index in [4.69, 9.17) is 5.73 Å². The molecule has 2 N–H and O–H groups in total. The van der Waals surface area contributed by atoms with Crippen molar-refractivity contribution in [2.45, 2.75) is 13.2 Å². The van der Waals surface area contributed by atoms with Gasteiger partial charge in [-0.05, 0) is 24.6 Å². The van der Waals surface area contributed by atoms with Crippen LogP contribution in [0.25, 0.3) is 22.0 Å². The van der Waals surface area contributed by atoms with Gasteiger partial charge in [0.2, 0.25) is 0 Å². The summed E-state index contributed by atoms with van der Waals surface area (Å²) in [5, 5.41) is 3.77. The van der Waals surface area contributed by atoms with E-state index in [1.807, 2.05) is 0 Å². The van der Waals surface area contributed by atoms with Gasteiger partial charge in [-0.25, -0.2) is 4.98 Å². The zero-order chi connectivity index (χ0) is 16.8. The molecular formula is C15H11F3N4O. The fourth-order valence-corrected chi connectivity index (χ4v) is 2.47. The fourth-order valence-electron chi connectivity index (χ4n) is 2.47. The van der Waals surface area contributed by atoms with Crippen LogP contribution in [0.5, 0.6) is 0 Å². The summed E-state index contributed by atoms with van der Waals surface area (Å²) in [5.74, 6) is -0.664. The number of amides is 1. The van der Waals surface area contributed by atoms with Gasteiger partial charge in [-0.15, -0.1) is 13.2 Å². The molecule has 0 saturated carbocycles. The van der Waals surface area contributed by atoms with E-state index >= 15 is 0 Å². The van der Waals surface area contributed by atoms with E-state index < -0.39 is 12.2 Å². The molecule has 8 heteroatoms. The number of carbonyl (C=O) groups excluding carboxylic acids is 1. The van der Waals surface area contributed by atoms with Crippen LogP contribution in [-0.2, 0) is 6.30 Å². The highest BCUT2D eigenvalue weighted by atomic mass is 19.4. The first-order valence-electron chi connectivity index (χ1n) is 6.61. The van der Waals surface area contributed by atoms with E-state index in [2.05, 4.69) is 10.1 Å². The zero-order valence-electron chi connectivity index (χ0n) is 11.9. The van der Waals surface area contributed by atoms with Crippen LogP contribution in [-0.4, -0.2) is 20.7 Å². The van der Waals surface area contributed by atoms with Crippen molar-refractivity contribution in [3.05, 3.63) is 47.9 Å². The van der Waals surface area contributed by atoms with E-state index in [0.717, 1.165) is 0 Å². The van der Waals surface area contributed by atoms with E-state index in [1.54, 1.807) is 19.1 Å². The van der Waals surface area contributed by atoms with Gasteiger partial charge in [0.25, 0.3) is 5.91 Å². The van der Waals surface area contributed by atoms with Crippen molar-refractivity contribution in [3.63, 3.8) is 0 Å². The Kier molecular flexibility index (Phi) is 3.32. The molecule has 5 nitrogen and oxygen atoms in total. The number of halogens is 3. The molecule has 3 rings (SSSR count). The lowest BCUT2D eigenvalue weighted by Crippen LogP contribution is -2.17. The Morgan fingerprint density at radius 2 is 1.91 bits per heavy atom. The number of hydrogen-bond acceptors (Lipinski definition) is 3. The number of nitrogens with two attached hydrogens (primary N) is 1. The third-order valence-electron chi connectivity index (χ3n) is 3.48. The average Bonchev–Trinajstić information content (AvgIpc) is 2.91. The molecular weight excluding hydrogens is 309 g/mol. The maximum Gasteiger partial charge on any atom is 0.505 e. The molecule has 1 amide bonds. The SMILES string of the molecule is Cc1nc(C(N)=O)ccc1-c1cccc2c1cnn2C(F)(F)F. The molecule has 2 aromatic heterocycles. The Bertz CT molecular complexity index is 915. The normalized spacial score (nSPS) is 11.8. The van der Waals surface area contributed by atoms with Gasteiger partial charge in [0.1, 0.15) is 5.69 Å². The molecule has 1 aromatic carbocycles. The van der Waals surface area contributed by atoms with Crippen LogP contribution >= 0.6 is 0 Å². The molecule has 0 spiro atoms. The number of benzene rings is 1. The van der Waals surface area contributed by atoms with Gasteiger partial charge < -0.3 is 5.73 Å². The second-order valence-electron chi connectivity index (χ2n) is 4.96. The Hall–Kier alpha value is -2.90. The van der Waals surface area contributed by atoms with Crippen molar-refractivity contribution < 1.29 is 18.0 Å². The molecule has 118 valence electrons. The highest BCUT2D eigenvalue weighted by Crippen LogP contribution is 2.33. The van der Waals surface area contributed by atoms with E-state index in [-0.39, 0.29) is 15.9 Å². The minimum absolute atomic E-state index is 0.0202. The third kappa shape index (κ3) is 2.52. The molecule has 0 aliphatic carbocycles. The molecule has 0 radical (unpaired) electrons. The highest BCUT2D eigenvalue weighted by Gasteiger charge is 2.33. The Morgan fingerprint density at radius 1 is 1.17 bits per heavy atom. The van der Waals surface area contributed by atoms with Crippen molar-refractivity contribution in [1.82, 2.24) is 14.8 Å². The van der Waals surface area contributed by atoms with Crippen molar-refractivity contribution in [2.24, 2.45) is 5.73 Å². The minimum Gasteiger partial charge on any atom is -0.364 e. The van der Waals surface area contributed by atoms with Crippen molar-refractivity contribution >= 4 is 16.8 Å². The van der Waals surface area contributed by atoms with Crippen LogP contribution in [0.2, 0.25) is 0 Å². The number of aryl methyl sites for hydroxylation is 1. The van der Waals surface area contributed by atoms with E-state index in [9.17, 15) is 18.0 Å². The number of hydrogen-bond donors (Lipinski definition) is 1. The monoisotopic (exact) mass is 320 g/mol. The van der Waals surface area contributed by atoms with Crippen molar-refractivity contribution in [1.29, 1.82) is 0 Å². The number of pyridine rings is 1. The predicted molar refractivity (Wildman–Crippen MR) is 77.5 cm³/mol. The largest absolute Gasteiger partial charge is 0.505 e. The molecule has 0 saturated heterocycles. The van der Waals surface area contributed by atoms with Crippen LogP contribution in [0.1, 0.15) is 16.2 Å². The molecule has 0 unspecified atom stereocenters. The van der Waals surface area contributed by atoms with Crippen molar-refractivity contribution in [3.8, 4) is 11.1 Å². The van der Waals surface area contributed by atoms with Crippen molar-refractivity contribution in [2.75, 3.05) is 0 Å².